The molecule has 0 amide bonds. The lowest BCUT2D eigenvalue weighted by Crippen LogP contribution is -2.36. The molecular formula is C13H25N5O. The monoisotopic (exact) mass is 267 g/mol. The molecule has 19 heavy (non-hydrogen) atoms. The lowest BCUT2D eigenvalue weighted by molar-refractivity contribution is 0.0821. The number of aromatic nitrogens is 4. The predicted octanol–water partition coefficient (Wildman–Crippen LogP) is 1.38. The Morgan fingerprint density at radius 3 is 2.89 bits per heavy atom. The van der Waals surface area contributed by atoms with Gasteiger partial charge in [0, 0.05) is 18.1 Å². The summed E-state index contributed by atoms with van der Waals surface area (Å²) in [4.78, 5) is 0. The number of nitrogens with zero attached hydrogens (tertiary/aromatic N) is 4. The molecule has 1 N–H and O–H groups in total. The molecule has 108 valence electrons. The van der Waals surface area contributed by atoms with E-state index in [1.54, 1.807) is 0 Å². The van der Waals surface area contributed by atoms with Gasteiger partial charge in [-0.25, -0.2) is 4.68 Å². The van der Waals surface area contributed by atoms with E-state index in [-0.39, 0.29) is 5.54 Å². The third kappa shape index (κ3) is 3.98. The van der Waals surface area contributed by atoms with Crippen molar-refractivity contribution in [1.29, 1.82) is 0 Å². The number of tetrazole rings is 1. The summed E-state index contributed by atoms with van der Waals surface area (Å²) < 4.78 is 7.64. The van der Waals surface area contributed by atoms with E-state index >= 15 is 0 Å². The molecule has 2 atom stereocenters. The minimum absolute atomic E-state index is 0.0687. The molecule has 0 radical (unpaired) electrons. The standard InChI is InChI=1S/C13H25N5O/c1-5-11-10(6-7-19-11)9-18-12(15-16-17-18)8-14-13(2,3)4/h10-11,14H,5-9H2,1-4H3. The second-order valence-electron chi connectivity index (χ2n) is 6.25. The maximum Gasteiger partial charge on any atom is 0.165 e. The fraction of sp³-hybridized carbons (Fsp3) is 0.923. The number of nitrogens with one attached hydrogen (secondary N) is 1. The van der Waals surface area contributed by atoms with Gasteiger partial charge in [0.05, 0.1) is 19.2 Å². The van der Waals surface area contributed by atoms with Crippen molar-refractivity contribution in [2.24, 2.45) is 5.92 Å². The highest BCUT2D eigenvalue weighted by atomic mass is 16.5. The summed E-state index contributed by atoms with van der Waals surface area (Å²) in [6.45, 7) is 11.0. The molecule has 1 fully saturated rings. The molecule has 6 heteroatoms. The Labute approximate surface area is 114 Å². The summed E-state index contributed by atoms with van der Waals surface area (Å²) >= 11 is 0. The number of rotatable bonds is 5. The van der Waals surface area contributed by atoms with Gasteiger partial charge in [0.1, 0.15) is 0 Å². The lowest BCUT2D eigenvalue weighted by atomic mass is 10.00. The largest absolute Gasteiger partial charge is 0.378 e. The van der Waals surface area contributed by atoms with Gasteiger partial charge in [-0.15, -0.1) is 5.10 Å². The quantitative estimate of drug-likeness (QED) is 0.873. The summed E-state index contributed by atoms with van der Waals surface area (Å²) in [6, 6.07) is 0. The van der Waals surface area contributed by atoms with Crippen LogP contribution >= 0.6 is 0 Å². The van der Waals surface area contributed by atoms with Gasteiger partial charge in [0.15, 0.2) is 5.82 Å². The average Bonchev–Trinajstić information content (AvgIpc) is 2.95. The van der Waals surface area contributed by atoms with Crippen molar-refractivity contribution >= 4 is 0 Å². The van der Waals surface area contributed by atoms with Crippen molar-refractivity contribution in [2.45, 2.75) is 65.3 Å². The van der Waals surface area contributed by atoms with Crippen LogP contribution in [0.15, 0.2) is 0 Å². The van der Waals surface area contributed by atoms with E-state index in [0.717, 1.165) is 31.8 Å². The Morgan fingerprint density at radius 1 is 1.42 bits per heavy atom. The van der Waals surface area contributed by atoms with Crippen LogP contribution in [0.5, 0.6) is 0 Å². The van der Waals surface area contributed by atoms with E-state index in [2.05, 4.69) is 48.5 Å². The third-order valence-electron chi connectivity index (χ3n) is 3.54. The number of ether oxygens (including phenoxy) is 1. The predicted molar refractivity (Wildman–Crippen MR) is 72.5 cm³/mol. The number of hydrogen-bond donors (Lipinski definition) is 1. The van der Waals surface area contributed by atoms with Gasteiger partial charge in [-0.05, 0) is 44.0 Å². The molecule has 2 heterocycles. The zero-order valence-corrected chi connectivity index (χ0v) is 12.4. The van der Waals surface area contributed by atoms with Crippen LogP contribution in [0.1, 0.15) is 46.4 Å². The SMILES string of the molecule is CCC1OCCC1Cn1nnnc1CNC(C)(C)C. The Morgan fingerprint density at radius 2 is 2.21 bits per heavy atom. The first kappa shape index (κ1) is 14.4. The summed E-state index contributed by atoms with van der Waals surface area (Å²) in [6.07, 6.45) is 2.51. The van der Waals surface area contributed by atoms with E-state index in [9.17, 15) is 0 Å². The Balaban J connectivity index is 1.95. The highest BCUT2D eigenvalue weighted by Gasteiger charge is 2.28. The topological polar surface area (TPSA) is 64.9 Å². The molecule has 0 aromatic carbocycles. The van der Waals surface area contributed by atoms with Crippen molar-refractivity contribution in [3.63, 3.8) is 0 Å². The van der Waals surface area contributed by atoms with Crippen LogP contribution in [-0.4, -0.2) is 38.5 Å². The average molecular weight is 267 g/mol. The maximum atomic E-state index is 5.72. The first-order chi connectivity index (χ1) is 8.99. The second kappa shape index (κ2) is 5.96. The van der Waals surface area contributed by atoms with E-state index in [0.29, 0.717) is 18.6 Å². The zero-order valence-electron chi connectivity index (χ0n) is 12.4. The van der Waals surface area contributed by atoms with Crippen molar-refractivity contribution < 1.29 is 4.74 Å². The first-order valence-electron chi connectivity index (χ1n) is 7.11. The normalized spacial score (nSPS) is 24.0. The second-order valence-corrected chi connectivity index (χ2v) is 6.25. The van der Waals surface area contributed by atoms with Gasteiger partial charge in [-0.3, -0.25) is 0 Å². The van der Waals surface area contributed by atoms with Crippen molar-refractivity contribution in [3.8, 4) is 0 Å². The number of hydrogen-bond acceptors (Lipinski definition) is 5. The van der Waals surface area contributed by atoms with Crippen molar-refractivity contribution in [2.75, 3.05) is 6.61 Å². The molecule has 2 rings (SSSR count). The molecule has 0 bridgehead atoms. The van der Waals surface area contributed by atoms with Crippen LogP contribution in [0.25, 0.3) is 0 Å². The lowest BCUT2D eigenvalue weighted by Gasteiger charge is -2.21. The minimum atomic E-state index is 0.0687. The zero-order chi connectivity index (χ0) is 13.9. The van der Waals surface area contributed by atoms with Gasteiger partial charge in [0.25, 0.3) is 0 Å². The highest BCUT2D eigenvalue weighted by molar-refractivity contribution is 4.85. The molecule has 1 aromatic heterocycles. The maximum absolute atomic E-state index is 5.72. The van der Waals surface area contributed by atoms with Gasteiger partial charge in [-0.2, -0.15) is 0 Å². The van der Waals surface area contributed by atoms with Gasteiger partial charge in [-0.1, -0.05) is 6.92 Å². The van der Waals surface area contributed by atoms with Crippen LogP contribution < -0.4 is 5.32 Å². The van der Waals surface area contributed by atoms with Crippen LogP contribution in [-0.2, 0) is 17.8 Å². The summed E-state index contributed by atoms with van der Waals surface area (Å²) in [5, 5.41) is 15.4. The summed E-state index contributed by atoms with van der Waals surface area (Å²) in [5.74, 6) is 1.43. The minimum Gasteiger partial charge on any atom is -0.378 e. The molecule has 1 aromatic rings. The molecular weight excluding hydrogens is 242 g/mol. The molecule has 1 aliphatic rings. The van der Waals surface area contributed by atoms with Gasteiger partial charge in [0.2, 0.25) is 0 Å². The van der Waals surface area contributed by atoms with E-state index in [4.69, 9.17) is 4.74 Å². The smallest absolute Gasteiger partial charge is 0.165 e. The third-order valence-corrected chi connectivity index (χ3v) is 3.54. The molecule has 0 saturated carbocycles. The molecule has 2 unspecified atom stereocenters. The van der Waals surface area contributed by atoms with Crippen molar-refractivity contribution in [1.82, 2.24) is 25.5 Å². The van der Waals surface area contributed by atoms with Gasteiger partial charge < -0.3 is 10.1 Å². The molecule has 6 nitrogen and oxygen atoms in total. The van der Waals surface area contributed by atoms with E-state index in [1.807, 2.05) is 4.68 Å². The molecule has 1 saturated heterocycles. The van der Waals surface area contributed by atoms with E-state index in [1.165, 1.54) is 0 Å². The Kier molecular flexibility index (Phi) is 4.52. The van der Waals surface area contributed by atoms with Crippen LogP contribution in [0.4, 0.5) is 0 Å². The van der Waals surface area contributed by atoms with Crippen molar-refractivity contribution in [3.05, 3.63) is 5.82 Å². The molecule has 0 spiro atoms. The van der Waals surface area contributed by atoms with Crippen LogP contribution in [0.3, 0.4) is 0 Å². The highest BCUT2D eigenvalue weighted by Crippen LogP contribution is 2.24. The van der Waals surface area contributed by atoms with Crippen LogP contribution in [0.2, 0.25) is 0 Å². The Bertz CT molecular complexity index is 398. The fourth-order valence-corrected chi connectivity index (χ4v) is 2.41. The van der Waals surface area contributed by atoms with E-state index < -0.39 is 0 Å². The summed E-state index contributed by atoms with van der Waals surface area (Å²) in [5.41, 5.74) is 0.0687. The molecule has 0 aliphatic carbocycles. The summed E-state index contributed by atoms with van der Waals surface area (Å²) in [7, 11) is 0. The fourth-order valence-electron chi connectivity index (χ4n) is 2.41. The Hall–Kier alpha value is -1.01. The first-order valence-corrected chi connectivity index (χ1v) is 7.11. The molecule has 1 aliphatic heterocycles. The van der Waals surface area contributed by atoms with Gasteiger partial charge >= 0.3 is 0 Å². The van der Waals surface area contributed by atoms with Crippen LogP contribution in [0, 0.1) is 5.92 Å².